The lowest BCUT2D eigenvalue weighted by atomic mass is 10.0. The second-order valence-electron chi connectivity index (χ2n) is 5.26. The van der Waals surface area contributed by atoms with Crippen molar-refractivity contribution in [1.82, 2.24) is 9.88 Å². The Balaban J connectivity index is 1.90. The summed E-state index contributed by atoms with van der Waals surface area (Å²) >= 11 is 2.93. The fraction of sp³-hybridized carbons (Fsp3) is 0.400. The van der Waals surface area contributed by atoms with Gasteiger partial charge in [0, 0.05) is 6.54 Å². The Morgan fingerprint density at radius 1 is 1.41 bits per heavy atom. The lowest BCUT2D eigenvalue weighted by Gasteiger charge is -2.32. The molecule has 1 saturated heterocycles. The summed E-state index contributed by atoms with van der Waals surface area (Å²) in [5.74, 6) is -1.13. The number of hydrogen-bond donors (Lipinski definition) is 1. The topological polar surface area (TPSA) is 70.5 Å². The molecule has 116 valence electrons. The second kappa shape index (κ2) is 6.18. The van der Waals surface area contributed by atoms with Gasteiger partial charge in [-0.25, -0.2) is 9.78 Å². The third-order valence-corrected chi connectivity index (χ3v) is 5.96. The average Bonchev–Trinajstić information content (AvgIpc) is 3.15. The molecule has 22 heavy (non-hydrogen) atoms. The van der Waals surface area contributed by atoms with Crippen LogP contribution in [-0.2, 0) is 4.79 Å². The van der Waals surface area contributed by atoms with E-state index in [-0.39, 0.29) is 5.91 Å². The number of aliphatic carboxylic acids is 1. The maximum atomic E-state index is 12.8. The SMILES string of the molecule is Cc1nc(-c2cccs2)sc1C(=O)N1CCCC[C@@H]1C(=O)O. The first-order chi connectivity index (χ1) is 10.6. The van der Waals surface area contributed by atoms with Crippen molar-refractivity contribution in [3.8, 4) is 9.88 Å². The molecular formula is C15H16N2O3S2. The summed E-state index contributed by atoms with van der Waals surface area (Å²) in [6, 6.07) is 3.20. The molecule has 1 N–H and O–H groups in total. The molecule has 3 rings (SSSR count). The Morgan fingerprint density at radius 2 is 2.23 bits per heavy atom. The van der Waals surface area contributed by atoms with Crippen molar-refractivity contribution in [3.05, 3.63) is 28.1 Å². The number of rotatable bonds is 3. The summed E-state index contributed by atoms with van der Waals surface area (Å²) in [6.07, 6.45) is 2.23. The van der Waals surface area contributed by atoms with Crippen LogP contribution in [0.1, 0.15) is 34.6 Å². The van der Waals surface area contributed by atoms with Gasteiger partial charge in [0.2, 0.25) is 0 Å². The first-order valence-corrected chi connectivity index (χ1v) is 8.82. The normalized spacial score (nSPS) is 18.4. The maximum absolute atomic E-state index is 12.8. The van der Waals surface area contributed by atoms with Gasteiger partial charge in [-0.15, -0.1) is 22.7 Å². The number of thiazole rings is 1. The number of aromatic nitrogens is 1. The van der Waals surface area contributed by atoms with Gasteiger partial charge in [-0.05, 0) is 37.6 Å². The molecule has 1 amide bonds. The number of thiophene rings is 1. The molecule has 1 atom stereocenters. The van der Waals surface area contributed by atoms with Crippen LogP contribution in [0.25, 0.3) is 9.88 Å². The minimum atomic E-state index is -0.923. The molecule has 0 aliphatic carbocycles. The smallest absolute Gasteiger partial charge is 0.326 e. The molecule has 0 unspecified atom stereocenters. The van der Waals surface area contributed by atoms with Crippen molar-refractivity contribution in [2.75, 3.05) is 6.54 Å². The van der Waals surface area contributed by atoms with Crippen LogP contribution >= 0.6 is 22.7 Å². The Bertz CT molecular complexity index is 694. The van der Waals surface area contributed by atoms with Crippen molar-refractivity contribution in [2.24, 2.45) is 0 Å². The molecule has 1 aliphatic rings. The van der Waals surface area contributed by atoms with E-state index in [1.807, 2.05) is 17.5 Å². The molecule has 2 aromatic heterocycles. The molecule has 3 heterocycles. The highest BCUT2D eigenvalue weighted by Crippen LogP contribution is 2.32. The van der Waals surface area contributed by atoms with Crippen molar-refractivity contribution in [3.63, 3.8) is 0 Å². The largest absolute Gasteiger partial charge is 0.480 e. The van der Waals surface area contributed by atoms with Gasteiger partial charge < -0.3 is 10.0 Å². The van der Waals surface area contributed by atoms with E-state index in [4.69, 9.17) is 0 Å². The number of carbonyl (C=O) groups excluding carboxylic acids is 1. The van der Waals surface area contributed by atoms with Crippen LogP contribution < -0.4 is 0 Å². The summed E-state index contributed by atoms with van der Waals surface area (Å²) in [5.41, 5.74) is 0.674. The summed E-state index contributed by atoms with van der Waals surface area (Å²) < 4.78 is 0. The van der Waals surface area contributed by atoms with Gasteiger partial charge in [0.15, 0.2) is 0 Å². The number of hydrogen-bond acceptors (Lipinski definition) is 5. The van der Waals surface area contributed by atoms with E-state index in [0.717, 1.165) is 22.7 Å². The van der Waals surface area contributed by atoms with Crippen molar-refractivity contribution < 1.29 is 14.7 Å². The molecule has 0 spiro atoms. The van der Waals surface area contributed by atoms with Gasteiger partial charge in [-0.3, -0.25) is 4.79 Å². The van der Waals surface area contributed by atoms with Crippen LogP contribution in [0.5, 0.6) is 0 Å². The van der Waals surface area contributed by atoms with E-state index in [0.29, 0.717) is 23.5 Å². The molecule has 7 heteroatoms. The van der Waals surface area contributed by atoms with Crippen LogP contribution in [0, 0.1) is 6.92 Å². The third-order valence-electron chi connectivity index (χ3n) is 3.77. The number of amides is 1. The monoisotopic (exact) mass is 336 g/mol. The van der Waals surface area contributed by atoms with E-state index >= 15 is 0 Å². The zero-order valence-corrected chi connectivity index (χ0v) is 13.7. The average molecular weight is 336 g/mol. The number of carboxylic acids is 1. The summed E-state index contributed by atoms with van der Waals surface area (Å²) in [4.78, 5) is 31.7. The number of aryl methyl sites for hydroxylation is 1. The van der Waals surface area contributed by atoms with E-state index in [9.17, 15) is 14.7 Å². The van der Waals surface area contributed by atoms with Gasteiger partial charge in [-0.1, -0.05) is 6.07 Å². The first-order valence-electron chi connectivity index (χ1n) is 7.13. The molecule has 1 aliphatic heterocycles. The summed E-state index contributed by atoms with van der Waals surface area (Å²) in [7, 11) is 0. The standard InChI is InChI=1S/C15H16N2O3S2/c1-9-12(22-13(16-9)11-6-4-8-21-11)14(18)17-7-3-2-5-10(17)15(19)20/h4,6,8,10H,2-3,5,7H2,1H3,(H,19,20)/t10-/m1/s1. The molecule has 1 fully saturated rings. The Hall–Kier alpha value is -1.73. The highest BCUT2D eigenvalue weighted by atomic mass is 32.1. The second-order valence-corrected chi connectivity index (χ2v) is 7.21. The third kappa shape index (κ3) is 2.78. The number of piperidine rings is 1. The van der Waals surface area contributed by atoms with E-state index < -0.39 is 12.0 Å². The maximum Gasteiger partial charge on any atom is 0.326 e. The van der Waals surface area contributed by atoms with Gasteiger partial charge in [0.25, 0.3) is 5.91 Å². The number of carboxylic acid groups (broad SMARTS) is 1. The number of carbonyl (C=O) groups is 2. The van der Waals surface area contributed by atoms with E-state index in [1.165, 1.54) is 16.2 Å². The fourth-order valence-electron chi connectivity index (χ4n) is 2.66. The molecule has 2 aromatic rings. The Morgan fingerprint density at radius 3 is 2.91 bits per heavy atom. The lowest BCUT2D eigenvalue weighted by Crippen LogP contribution is -2.47. The molecule has 0 aromatic carbocycles. The van der Waals surface area contributed by atoms with Crippen LogP contribution in [0.2, 0.25) is 0 Å². The van der Waals surface area contributed by atoms with Crippen LogP contribution in [-0.4, -0.2) is 39.5 Å². The molecule has 0 bridgehead atoms. The molecule has 0 radical (unpaired) electrons. The lowest BCUT2D eigenvalue weighted by molar-refractivity contribution is -0.143. The molecular weight excluding hydrogens is 320 g/mol. The van der Waals surface area contributed by atoms with Gasteiger partial charge in [-0.2, -0.15) is 0 Å². The van der Waals surface area contributed by atoms with Gasteiger partial charge in [0.1, 0.15) is 15.9 Å². The Labute approximate surface area is 136 Å². The molecule has 0 saturated carbocycles. The number of nitrogens with zero attached hydrogens (tertiary/aromatic N) is 2. The van der Waals surface area contributed by atoms with Crippen molar-refractivity contribution in [1.29, 1.82) is 0 Å². The van der Waals surface area contributed by atoms with Gasteiger partial charge in [0.05, 0.1) is 10.6 Å². The zero-order chi connectivity index (χ0) is 15.7. The van der Waals surface area contributed by atoms with E-state index in [1.54, 1.807) is 18.3 Å². The molecule has 5 nitrogen and oxygen atoms in total. The predicted molar refractivity (Wildman–Crippen MR) is 86.5 cm³/mol. The van der Waals surface area contributed by atoms with Crippen LogP contribution in [0.3, 0.4) is 0 Å². The first kappa shape index (κ1) is 15.2. The van der Waals surface area contributed by atoms with Crippen LogP contribution in [0.4, 0.5) is 0 Å². The van der Waals surface area contributed by atoms with Crippen LogP contribution in [0.15, 0.2) is 17.5 Å². The highest BCUT2D eigenvalue weighted by Gasteiger charge is 2.34. The number of likely N-dealkylation sites (tertiary alicyclic amines) is 1. The van der Waals surface area contributed by atoms with Crippen molar-refractivity contribution >= 4 is 34.6 Å². The Kier molecular flexibility index (Phi) is 4.26. The van der Waals surface area contributed by atoms with E-state index in [2.05, 4.69) is 4.98 Å². The van der Waals surface area contributed by atoms with Gasteiger partial charge >= 0.3 is 5.97 Å². The fourth-order valence-corrected chi connectivity index (χ4v) is 4.48. The predicted octanol–water partition coefficient (Wildman–Crippen LogP) is 3.26. The minimum Gasteiger partial charge on any atom is -0.480 e. The summed E-state index contributed by atoms with van der Waals surface area (Å²) in [6.45, 7) is 2.31. The quantitative estimate of drug-likeness (QED) is 0.934. The minimum absolute atomic E-state index is 0.204. The summed E-state index contributed by atoms with van der Waals surface area (Å²) in [5, 5.41) is 12.1. The zero-order valence-electron chi connectivity index (χ0n) is 12.1. The van der Waals surface area contributed by atoms with Crippen molar-refractivity contribution in [2.45, 2.75) is 32.2 Å². The highest BCUT2D eigenvalue weighted by molar-refractivity contribution is 7.22.